The van der Waals surface area contributed by atoms with Crippen LogP contribution in [0.4, 0.5) is 11.5 Å². The molecular weight excluding hydrogens is 739 g/mol. The summed E-state index contributed by atoms with van der Waals surface area (Å²) in [6.45, 7) is 15.0. The van der Waals surface area contributed by atoms with E-state index < -0.39 is 17.6 Å². The molecule has 48 heavy (non-hydrogen) atoms. The third-order valence-electron chi connectivity index (χ3n) is 8.86. The monoisotopic (exact) mass is 776 g/mol. The highest BCUT2D eigenvalue weighted by Gasteiger charge is 2.29. The van der Waals surface area contributed by atoms with Gasteiger partial charge in [0.25, 0.3) is 17.4 Å². The highest BCUT2D eigenvalue weighted by molar-refractivity contribution is 9.10. The minimum absolute atomic E-state index is 0.00341. The van der Waals surface area contributed by atoms with Gasteiger partial charge in [-0.3, -0.25) is 19.5 Å². The molecule has 1 atom stereocenters. The van der Waals surface area contributed by atoms with E-state index in [9.17, 15) is 14.4 Å². The lowest BCUT2D eigenvalue weighted by Crippen LogP contribution is -2.33. The van der Waals surface area contributed by atoms with Gasteiger partial charge in [-0.05, 0) is 88.0 Å². The summed E-state index contributed by atoms with van der Waals surface area (Å²) in [7, 11) is 0. The summed E-state index contributed by atoms with van der Waals surface area (Å²) < 4.78 is 7.56. The van der Waals surface area contributed by atoms with Crippen molar-refractivity contribution in [2.24, 2.45) is 0 Å². The van der Waals surface area contributed by atoms with Gasteiger partial charge in [-0.2, -0.15) is 0 Å². The molecule has 0 aliphatic carbocycles. The molecule has 2 amide bonds. The van der Waals surface area contributed by atoms with Crippen molar-refractivity contribution < 1.29 is 14.3 Å². The average molecular weight is 779 g/mol. The Labute approximate surface area is 304 Å². The van der Waals surface area contributed by atoms with E-state index in [2.05, 4.69) is 85.3 Å². The number of hydrogen-bond acceptors (Lipinski definition) is 4. The number of carbonyl (C=O) groups excluding carboxylic acids is 2. The molecule has 12 heteroatoms. The summed E-state index contributed by atoms with van der Waals surface area (Å²) in [5.74, 6) is -0.104. The number of nitrogens with one attached hydrogen (secondary N) is 3. The number of carbonyl (C=O) groups is 2. The van der Waals surface area contributed by atoms with Gasteiger partial charge in [-0.1, -0.05) is 101 Å². The third kappa shape index (κ3) is 8.13. The Morgan fingerprint density at radius 1 is 0.917 bits per heavy atom. The summed E-state index contributed by atoms with van der Waals surface area (Å²) in [6.07, 6.45) is 1.55. The standard InChI is InChI=1S/C36H40BrCl3N4O4/c1-8-27(48-28-15-14-21(35(4,5)9-2)17-24(28)36(6,7)10-3)33(46)41-23-13-11-12-20(16-23)32(45)42-31-29(37)34(47)44(43-31)30-25(39)18-22(38)19-26(30)40/h11-19,27,43H,8-10H2,1-7H3,(H,41,46)(H,42,45). The second kappa shape index (κ2) is 15.1. The summed E-state index contributed by atoms with van der Waals surface area (Å²) in [5, 5.41) is 8.99. The predicted molar refractivity (Wildman–Crippen MR) is 200 cm³/mol. The summed E-state index contributed by atoms with van der Waals surface area (Å²) in [6, 6.07) is 15.7. The maximum absolute atomic E-state index is 13.5. The molecule has 1 heterocycles. The normalized spacial score (nSPS) is 12.5. The smallest absolute Gasteiger partial charge is 0.287 e. The van der Waals surface area contributed by atoms with Gasteiger partial charge in [0.15, 0.2) is 6.10 Å². The Morgan fingerprint density at radius 3 is 2.17 bits per heavy atom. The second-order valence-corrected chi connectivity index (χ2v) is 14.9. The quantitative estimate of drug-likeness (QED) is 0.133. The SMILES string of the molecule is CCC(Oc1ccc(C(C)(C)CC)cc1C(C)(C)CC)C(=O)Nc1cccc(C(=O)Nc2[nH]n(-c3c(Cl)cc(Cl)cc3Cl)c(=O)c2Br)c1. The molecule has 8 nitrogen and oxygen atoms in total. The van der Waals surface area contributed by atoms with E-state index in [0.717, 1.165) is 23.1 Å². The van der Waals surface area contributed by atoms with E-state index >= 15 is 0 Å². The van der Waals surface area contributed by atoms with Gasteiger partial charge in [-0.25, -0.2) is 4.68 Å². The number of hydrogen-bond donors (Lipinski definition) is 3. The number of rotatable bonds is 12. The summed E-state index contributed by atoms with van der Waals surface area (Å²) in [4.78, 5) is 39.8. The number of benzene rings is 3. The molecule has 1 aromatic heterocycles. The number of anilines is 2. The van der Waals surface area contributed by atoms with Crippen LogP contribution in [0.15, 0.2) is 63.9 Å². The summed E-state index contributed by atoms with van der Waals surface area (Å²) >= 11 is 21.9. The van der Waals surface area contributed by atoms with Crippen LogP contribution in [0.5, 0.6) is 5.75 Å². The molecule has 0 saturated heterocycles. The first-order chi connectivity index (χ1) is 22.5. The van der Waals surface area contributed by atoms with Crippen LogP contribution in [-0.4, -0.2) is 27.7 Å². The van der Waals surface area contributed by atoms with Gasteiger partial charge in [-0.15, -0.1) is 0 Å². The van der Waals surface area contributed by atoms with Crippen molar-refractivity contribution in [3.63, 3.8) is 0 Å². The van der Waals surface area contributed by atoms with Crippen LogP contribution >= 0.6 is 50.7 Å². The van der Waals surface area contributed by atoms with Crippen LogP contribution in [0.1, 0.15) is 89.2 Å². The van der Waals surface area contributed by atoms with E-state index in [1.165, 1.54) is 17.7 Å². The van der Waals surface area contributed by atoms with Crippen molar-refractivity contribution in [3.8, 4) is 11.4 Å². The van der Waals surface area contributed by atoms with Gasteiger partial charge >= 0.3 is 0 Å². The Hall–Kier alpha value is -3.24. The van der Waals surface area contributed by atoms with Crippen molar-refractivity contribution in [1.82, 2.24) is 9.78 Å². The topological polar surface area (TPSA) is 105 Å². The maximum atomic E-state index is 13.5. The van der Waals surface area contributed by atoms with Crippen LogP contribution in [0.2, 0.25) is 15.1 Å². The zero-order chi connectivity index (χ0) is 35.6. The second-order valence-electron chi connectivity index (χ2n) is 12.9. The Balaban J connectivity index is 1.54. The number of amides is 2. The Morgan fingerprint density at radius 2 is 1.56 bits per heavy atom. The van der Waals surface area contributed by atoms with Gasteiger partial charge < -0.3 is 15.4 Å². The van der Waals surface area contributed by atoms with Crippen LogP contribution in [-0.2, 0) is 15.6 Å². The van der Waals surface area contributed by atoms with E-state index in [-0.39, 0.29) is 48.3 Å². The van der Waals surface area contributed by atoms with Crippen LogP contribution in [0.25, 0.3) is 5.69 Å². The first-order valence-electron chi connectivity index (χ1n) is 15.7. The van der Waals surface area contributed by atoms with Crippen molar-refractivity contribution >= 4 is 74.1 Å². The number of H-pyrrole nitrogens is 1. The number of aromatic amines is 1. The van der Waals surface area contributed by atoms with Crippen LogP contribution < -0.4 is 20.9 Å². The van der Waals surface area contributed by atoms with Crippen molar-refractivity contribution in [3.05, 3.63) is 101 Å². The zero-order valence-electron chi connectivity index (χ0n) is 28.0. The lowest BCUT2D eigenvalue weighted by molar-refractivity contribution is -0.122. The molecule has 0 aliphatic heterocycles. The van der Waals surface area contributed by atoms with Crippen molar-refractivity contribution in [2.45, 2.75) is 84.7 Å². The molecule has 0 fully saturated rings. The number of ether oxygens (including phenoxy) is 1. The molecule has 4 rings (SSSR count). The Bertz CT molecular complexity index is 1880. The molecule has 0 bridgehead atoms. The minimum Gasteiger partial charge on any atom is -0.480 e. The fourth-order valence-corrected chi connectivity index (χ4v) is 6.36. The summed E-state index contributed by atoms with van der Waals surface area (Å²) in [5.41, 5.74) is 2.43. The lowest BCUT2D eigenvalue weighted by atomic mass is 9.76. The zero-order valence-corrected chi connectivity index (χ0v) is 31.8. The van der Waals surface area contributed by atoms with Crippen LogP contribution in [0.3, 0.4) is 0 Å². The maximum Gasteiger partial charge on any atom is 0.287 e. The molecule has 3 N–H and O–H groups in total. The number of aromatic nitrogens is 2. The molecule has 0 saturated carbocycles. The minimum atomic E-state index is -0.772. The highest BCUT2D eigenvalue weighted by Crippen LogP contribution is 2.39. The lowest BCUT2D eigenvalue weighted by Gasteiger charge is -2.31. The molecule has 0 radical (unpaired) electrons. The van der Waals surface area contributed by atoms with Gasteiger partial charge in [0.2, 0.25) is 0 Å². The van der Waals surface area contributed by atoms with Crippen molar-refractivity contribution in [1.29, 1.82) is 0 Å². The number of nitrogens with zero attached hydrogens (tertiary/aromatic N) is 1. The van der Waals surface area contributed by atoms with Gasteiger partial charge in [0, 0.05) is 21.8 Å². The van der Waals surface area contributed by atoms with E-state index in [1.54, 1.807) is 24.3 Å². The molecule has 1 unspecified atom stereocenters. The molecule has 256 valence electrons. The fourth-order valence-electron chi connectivity index (χ4n) is 5.00. The molecular formula is C36H40BrCl3N4O4. The first kappa shape index (κ1) is 37.6. The molecule has 0 aliphatic rings. The van der Waals surface area contributed by atoms with E-state index in [1.807, 2.05) is 13.0 Å². The molecule has 3 aromatic carbocycles. The van der Waals surface area contributed by atoms with E-state index in [0.29, 0.717) is 22.9 Å². The van der Waals surface area contributed by atoms with E-state index in [4.69, 9.17) is 39.5 Å². The van der Waals surface area contributed by atoms with Crippen LogP contribution in [0, 0.1) is 0 Å². The third-order valence-corrected chi connectivity index (χ3v) is 10.4. The molecule has 4 aromatic rings. The average Bonchev–Trinajstić information content (AvgIpc) is 3.31. The van der Waals surface area contributed by atoms with Gasteiger partial charge in [0.05, 0.1) is 10.0 Å². The highest BCUT2D eigenvalue weighted by atomic mass is 79.9. The fraction of sp³-hybridized carbons (Fsp3) is 0.361. The Kier molecular flexibility index (Phi) is 11.8. The largest absolute Gasteiger partial charge is 0.480 e. The first-order valence-corrected chi connectivity index (χ1v) is 17.6. The van der Waals surface area contributed by atoms with Crippen molar-refractivity contribution in [2.75, 3.05) is 10.6 Å². The van der Waals surface area contributed by atoms with Gasteiger partial charge in [0.1, 0.15) is 21.7 Å². The predicted octanol–water partition coefficient (Wildman–Crippen LogP) is 10.3. The number of halogens is 4. The molecule has 0 spiro atoms.